The lowest BCUT2D eigenvalue weighted by Gasteiger charge is -2.18. The highest BCUT2D eigenvalue weighted by atomic mass is 16.1. The van der Waals surface area contributed by atoms with Gasteiger partial charge in [0.1, 0.15) is 0 Å². The van der Waals surface area contributed by atoms with E-state index in [9.17, 15) is 4.79 Å². The van der Waals surface area contributed by atoms with Gasteiger partial charge in [0, 0.05) is 19.2 Å². The number of benzene rings is 2. The molecule has 2 nitrogen and oxygen atoms in total. The summed E-state index contributed by atoms with van der Waals surface area (Å²) < 4.78 is 0. The highest BCUT2D eigenvalue weighted by molar-refractivity contribution is 5.85. The maximum atomic E-state index is 12.1. The third-order valence-corrected chi connectivity index (χ3v) is 3.44. The molecule has 0 saturated carbocycles. The van der Waals surface area contributed by atoms with Gasteiger partial charge < -0.3 is 4.90 Å². The Morgan fingerprint density at radius 2 is 1.60 bits per heavy atom. The van der Waals surface area contributed by atoms with Gasteiger partial charge in [-0.2, -0.15) is 0 Å². The van der Waals surface area contributed by atoms with Gasteiger partial charge in [-0.3, -0.25) is 4.79 Å². The smallest absolute Gasteiger partial charge is 0.156 e. The molecule has 0 bridgehead atoms. The van der Waals surface area contributed by atoms with Crippen molar-refractivity contribution >= 4 is 11.5 Å². The van der Waals surface area contributed by atoms with Gasteiger partial charge in [0.25, 0.3) is 0 Å². The number of nitrogens with zero attached hydrogens (tertiary/aromatic N) is 1. The van der Waals surface area contributed by atoms with Crippen molar-refractivity contribution in [1.82, 2.24) is 0 Å². The summed E-state index contributed by atoms with van der Waals surface area (Å²) in [6.07, 6.45) is 1.54. The van der Waals surface area contributed by atoms with Gasteiger partial charge in [-0.25, -0.2) is 0 Å². The first-order valence-electron chi connectivity index (χ1n) is 7.04. The Kier molecular flexibility index (Phi) is 4.94. The summed E-state index contributed by atoms with van der Waals surface area (Å²) in [5, 5.41) is 0. The van der Waals surface area contributed by atoms with E-state index in [1.165, 1.54) is 5.56 Å². The summed E-state index contributed by atoms with van der Waals surface area (Å²) in [5.41, 5.74) is 3.48. The van der Waals surface area contributed by atoms with Crippen LogP contribution in [0.1, 0.15) is 18.1 Å². The minimum atomic E-state index is 0.235. The van der Waals surface area contributed by atoms with Crippen LogP contribution >= 0.6 is 0 Å². The highest BCUT2D eigenvalue weighted by Gasteiger charge is 2.08. The molecule has 104 valence electrons. The maximum Gasteiger partial charge on any atom is 0.156 e. The topological polar surface area (TPSA) is 20.3 Å². The Hall–Kier alpha value is -2.09. The largest absolute Gasteiger partial charge is 0.367 e. The molecule has 0 aliphatic rings. The van der Waals surface area contributed by atoms with Gasteiger partial charge in [0.15, 0.2) is 5.78 Å². The van der Waals surface area contributed by atoms with Crippen molar-refractivity contribution in [1.29, 1.82) is 0 Å². The van der Waals surface area contributed by atoms with Crippen molar-refractivity contribution in [3.05, 3.63) is 65.7 Å². The summed E-state index contributed by atoms with van der Waals surface area (Å²) in [6.45, 7) is 2.59. The average molecular weight is 267 g/mol. The van der Waals surface area contributed by atoms with Gasteiger partial charge >= 0.3 is 0 Å². The summed E-state index contributed by atoms with van der Waals surface area (Å²) in [4.78, 5) is 14.1. The van der Waals surface area contributed by atoms with E-state index in [1.54, 1.807) is 0 Å². The Bertz CT molecular complexity index is 545. The SMILES string of the molecule is CCc1ccc(N(C)CC(=O)Cc2ccccc2)cc1. The fourth-order valence-corrected chi connectivity index (χ4v) is 2.22. The number of rotatable bonds is 6. The molecule has 0 aliphatic heterocycles. The average Bonchev–Trinajstić information content (AvgIpc) is 2.48. The molecule has 0 aromatic heterocycles. The second kappa shape index (κ2) is 6.90. The number of Topliss-reactive ketones (excluding diaryl/α,β-unsaturated/α-hetero) is 1. The van der Waals surface area contributed by atoms with Crippen molar-refractivity contribution in [3.8, 4) is 0 Å². The number of hydrogen-bond donors (Lipinski definition) is 0. The molecule has 2 aromatic carbocycles. The molecule has 0 unspecified atom stereocenters. The van der Waals surface area contributed by atoms with E-state index in [2.05, 4.69) is 31.2 Å². The zero-order valence-electron chi connectivity index (χ0n) is 12.2. The van der Waals surface area contributed by atoms with Crippen LogP contribution in [0, 0.1) is 0 Å². The predicted molar refractivity (Wildman–Crippen MR) is 84.2 cm³/mol. The van der Waals surface area contributed by atoms with Crippen LogP contribution in [-0.2, 0) is 17.6 Å². The first kappa shape index (κ1) is 14.3. The molecule has 0 N–H and O–H groups in total. The summed E-state index contributed by atoms with van der Waals surface area (Å²) >= 11 is 0. The molecule has 20 heavy (non-hydrogen) atoms. The molecule has 0 saturated heterocycles. The zero-order valence-corrected chi connectivity index (χ0v) is 12.2. The third kappa shape index (κ3) is 3.95. The van der Waals surface area contributed by atoms with E-state index in [0.29, 0.717) is 13.0 Å². The first-order chi connectivity index (χ1) is 9.69. The van der Waals surface area contributed by atoms with Crippen LogP contribution in [0.2, 0.25) is 0 Å². The summed E-state index contributed by atoms with van der Waals surface area (Å²) in [6, 6.07) is 18.3. The third-order valence-electron chi connectivity index (χ3n) is 3.44. The molecular weight excluding hydrogens is 246 g/mol. The van der Waals surface area contributed by atoms with Crippen LogP contribution in [0.4, 0.5) is 5.69 Å². The quantitative estimate of drug-likeness (QED) is 0.798. The van der Waals surface area contributed by atoms with Crippen LogP contribution in [0.3, 0.4) is 0 Å². The molecule has 2 rings (SSSR count). The van der Waals surface area contributed by atoms with E-state index in [1.807, 2.05) is 42.3 Å². The number of carbonyl (C=O) groups is 1. The maximum absolute atomic E-state index is 12.1. The van der Waals surface area contributed by atoms with Crippen LogP contribution < -0.4 is 4.90 Å². The molecule has 2 heteroatoms. The number of ketones is 1. The van der Waals surface area contributed by atoms with Crippen molar-refractivity contribution in [2.45, 2.75) is 19.8 Å². The first-order valence-corrected chi connectivity index (χ1v) is 7.04. The van der Waals surface area contributed by atoms with Crippen molar-refractivity contribution in [3.63, 3.8) is 0 Å². The summed E-state index contributed by atoms with van der Waals surface area (Å²) in [5.74, 6) is 0.235. The Morgan fingerprint density at radius 3 is 2.20 bits per heavy atom. The van der Waals surface area contributed by atoms with Crippen LogP contribution in [0.15, 0.2) is 54.6 Å². The van der Waals surface area contributed by atoms with Gasteiger partial charge in [0.2, 0.25) is 0 Å². The zero-order chi connectivity index (χ0) is 14.4. The number of hydrogen-bond acceptors (Lipinski definition) is 2. The normalized spacial score (nSPS) is 10.3. The molecule has 0 atom stereocenters. The minimum Gasteiger partial charge on any atom is -0.367 e. The lowest BCUT2D eigenvalue weighted by atomic mass is 10.1. The fourth-order valence-electron chi connectivity index (χ4n) is 2.22. The van der Waals surface area contributed by atoms with Crippen LogP contribution in [-0.4, -0.2) is 19.4 Å². The molecule has 0 aliphatic carbocycles. The van der Waals surface area contributed by atoms with Crippen LogP contribution in [0.5, 0.6) is 0 Å². The van der Waals surface area contributed by atoms with Gasteiger partial charge in [0.05, 0.1) is 6.54 Å². The Labute approximate surface area is 121 Å². The minimum absolute atomic E-state index is 0.235. The number of carbonyl (C=O) groups excluding carboxylic acids is 1. The number of aryl methyl sites for hydroxylation is 1. The fraction of sp³-hybridized carbons (Fsp3) is 0.278. The molecule has 2 aromatic rings. The lowest BCUT2D eigenvalue weighted by Crippen LogP contribution is -2.26. The molecule has 0 amide bonds. The second-order valence-corrected chi connectivity index (χ2v) is 5.08. The number of likely N-dealkylation sites (N-methyl/N-ethyl adjacent to an activating group) is 1. The molecular formula is C18H21NO. The van der Waals surface area contributed by atoms with E-state index in [0.717, 1.165) is 17.7 Å². The monoisotopic (exact) mass is 267 g/mol. The van der Waals surface area contributed by atoms with E-state index < -0.39 is 0 Å². The van der Waals surface area contributed by atoms with E-state index in [-0.39, 0.29) is 5.78 Å². The van der Waals surface area contributed by atoms with Gasteiger partial charge in [-0.1, -0.05) is 49.4 Å². The standard InChI is InChI=1S/C18H21NO/c1-3-15-9-11-17(12-10-15)19(2)14-18(20)13-16-7-5-4-6-8-16/h4-12H,3,13-14H2,1-2H3. The molecule has 0 heterocycles. The molecule has 0 spiro atoms. The van der Waals surface area contributed by atoms with Gasteiger partial charge in [-0.15, -0.1) is 0 Å². The predicted octanol–water partition coefficient (Wildman–Crippen LogP) is 3.50. The van der Waals surface area contributed by atoms with Gasteiger partial charge in [-0.05, 0) is 29.7 Å². The van der Waals surface area contributed by atoms with E-state index >= 15 is 0 Å². The summed E-state index contributed by atoms with van der Waals surface area (Å²) in [7, 11) is 1.96. The van der Waals surface area contributed by atoms with Crippen molar-refractivity contribution in [2.24, 2.45) is 0 Å². The van der Waals surface area contributed by atoms with Crippen molar-refractivity contribution < 1.29 is 4.79 Å². The lowest BCUT2D eigenvalue weighted by molar-refractivity contribution is -0.117. The van der Waals surface area contributed by atoms with Crippen LogP contribution in [0.25, 0.3) is 0 Å². The second-order valence-electron chi connectivity index (χ2n) is 5.08. The van der Waals surface area contributed by atoms with Crippen molar-refractivity contribution in [2.75, 3.05) is 18.5 Å². The Balaban J connectivity index is 1.93. The highest BCUT2D eigenvalue weighted by Crippen LogP contribution is 2.14. The molecule has 0 radical (unpaired) electrons. The Morgan fingerprint density at radius 1 is 0.950 bits per heavy atom. The molecule has 0 fully saturated rings. The number of anilines is 1. The van der Waals surface area contributed by atoms with E-state index in [4.69, 9.17) is 0 Å².